The first-order valence-corrected chi connectivity index (χ1v) is 6.99. The summed E-state index contributed by atoms with van der Waals surface area (Å²) in [6.07, 6.45) is 13.4. The second-order valence-corrected chi connectivity index (χ2v) is 4.44. The molecule has 0 aliphatic carbocycles. The summed E-state index contributed by atoms with van der Waals surface area (Å²) in [6.45, 7) is 6.48. The van der Waals surface area contributed by atoms with Gasteiger partial charge in [0.1, 0.15) is 0 Å². The first-order chi connectivity index (χ1) is 7.41. The Morgan fingerprint density at radius 1 is 0.562 bits per heavy atom. The van der Waals surface area contributed by atoms with Gasteiger partial charge in [0, 0.05) is 32.1 Å². The van der Waals surface area contributed by atoms with Crippen LogP contribution in [0.1, 0.15) is 78.1 Å². The minimum absolute atomic E-state index is 0. The SMILES string of the molecule is CCCCCCCOCCCCCCC.[Li]. The predicted octanol–water partition coefficient (Wildman–Crippen LogP) is 4.56. The van der Waals surface area contributed by atoms with Crippen molar-refractivity contribution in [1.82, 2.24) is 0 Å². The fourth-order valence-electron chi connectivity index (χ4n) is 1.72. The van der Waals surface area contributed by atoms with Crippen molar-refractivity contribution in [1.29, 1.82) is 0 Å². The Hall–Kier alpha value is 0.557. The number of hydrogen-bond donors (Lipinski definition) is 0. The minimum atomic E-state index is 0. The van der Waals surface area contributed by atoms with Gasteiger partial charge in [-0.3, -0.25) is 0 Å². The van der Waals surface area contributed by atoms with Crippen molar-refractivity contribution in [3.63, 3.8) is 0 Å². The molecule has 0 aromatic heterocycles. The summed E-state index contributed by atoms with van der Waals surface area (Å²) in [5.74, 6) is 0. The van der Waals surface area contributed by atoms with Crippen LogP contribution in [0.3, 0.4) is 0 Å². The molecule has 0 fully saturated rings. The van der Waals surface area contributed by atoms with E-state index < -0.39 is 0 Å². The Morgan fingerprint density at radius 3 is 1.31 bits per heavy atom. The van der Waals surface area contributed by atoms with E-state index in [4.69, 9.17) is 4.74 Å². The molecule has 0 aromatic rings. The maximum Gasteiger partial charge on any atom is 0.0466 e. The third-order valence-corrected chi connectivity index (χ3v) is 2.78. The second kappa shape index (κ2) is 17.9. The van der Waals surface area contributed by atoms with Crippen LogP contribution < -0.4 is 0 Å². The smallest absolute Gasteiger partial charge is 0.0466 e. The number of ether oxygens (including phenoxy) is 1. The van der Waals surface area contributed by atoms with Crippen LogP contribution in [0.4, 0.5) is 0 Å². The second-order valence-electron chi connectivity index (χ2n) is 4.44. The average molecular weight is 221 g/mol. The van der Waals surface area contributed by atoms with E-state index in [1.54, 1.807) is 0 Å². The van der Waals surface area contributed by atoms with Gasteiger partial charge in [-0.05, 0) is 12.8 Å². The third-order valence-electron chi connectivity index (χ3n) is 2.78. The van der Waals surface area contributed by atoms with Gasteiger partial charge in [-0.2, -0.15) is 0 Å². The quantitative estimate of drug-likeness (QED) is 0.346. The van der Waals surface area contributed by atoms with E-state index in [1.165, 1.54) is 64.2 Å². The molecule has 0 aliphatic heterocycles. The molecule has 0 aromatic carbocycles. The molecule has 0 unspecified atom stereocenters. The van der Waals surface area contributed by atoms with Crippen LogP contribution in [0, 0.1) is 0 Å². The van der Waals surface area contributed by atoms with Crippen molar-refractivity contribution in [3.05, 3.63) is 0 Å². The Bertz CT molecular complexity index is 94.9. The van der Waals surface area contributed by atoms with Gasteiger partial charge in [0.15, 0.2) is 0 Å². The average Bonchev–Trinajstić information content (AvgIpc) is 2.26. The standard InChI is InChI=1S/C14H30O.Li/c1-3-5-7-9-11-13-15-14-12-10-8-6-4-2;/h3-14H2,1-2H3;. The van der Waals surface area contributed by atoms with Gasteiger partial charge < -0.3 is 4.74 Å². The van der Waals surface area contributed by atoms with Crippen LogP contribution in [-0.2, 0) is 4.74 Å². The molecule has 0 N–H and O–H groups in total. The van der Waals surface area contributed by atoms with Crippen LogP contribution in [0.5, 0.6) is 0 Å². The molecule has 0 saturated carbocycles. The zero-order valence-electron chi connectivity index (χ0n) is 11.9. The summed E-state index contributed by atoms with van der Waals surface area (Å²) in [5, 5.41) is 0. The van der Waals surface area contributed by atoms with Gasteiger partial charge in [0.25, 0.3) is 0 Å². The van der Waals surface area contributed by atoms with Crippen LogP contribution in [-0.4, -0.2) is 32.1 Å². The zero-order chi connectivity index (χ0) is 11.2. The van der Waals surface area contributed by atoms with E-state index in [2.05, 4.69) is 13.8 Å². The van der Waals surface area contributed by atoms with E-state index in [0.29, 0.717) is 0 Å². The molecule has 0 bridgehead atoms. The normalized spacial score (nSPS) is 10.1. The molecule has 0 spiro atoms. The molecule has 0 rings (SSSR count). The summed E-state index contributed by atoms with van der Waals surface area (Å²) < 4.78 is 5.59. The topological polar surface area (TPSA) is 9.23 Å². The van der Waals surface area contributed by atoms with E-state index in [9.17, 15) is 0 Å². The Balaban J connectivity index is 0. The van der Waals surface area contributed by atoms with E-state index in [0.717, 1.165) is 13.2 Å². The number of unbranched alkanes of at least 4 members (excludes halogenated alkanes) is 8. The van der Waals surface area contributed by atoms with E-state index in [-0.39, 0.29) is 18.9 Å². The van der Waals surface area contributed by atoms with Crippen molar-refractivity contribution in [2.75, 3.05) is 13.2 Å². The zero-order valence-corrected chi connectivity index (χ0v) is 11.9. The summed E-state index contributed by atoms with van der Waals surface area (Å²) in [5.41, 5.74) is 0. The molecule has 2 heteroatoms. The molecule has 1 nitrogen and oxygen atoms in total. The molecule has 0 saturated heterocycles. The van der Waals surface area contributed by atoms with Gasteiger partial charge in [0.05, 0.1) is 0 Å². The van der Waals surface area contributed by atoms with Crippen molar-refractivity contribution in [3.8, 4) is 0 Å². The largest absolute Gasteiger partial charge is 0.381 e. The maximum atomic E-state index is 5.59. The Labute approximate surface area is 115 Å². The summed E-state index contributed by atoms with van der Waals surface area (Å²) in [7, 11) is 0. The molecular weight excluding hydrogens is 191 g/mol. The van der Waals surface area contributed by atoms with Crippen molar-refractivity contribution < 1.29 is 4.74 Å². The number of rotatable bonds is 12. The molecule has 1 radical (unpaired) electrons. The van der Waals surface area contributed by atoms with Gasteiger partial charge in [-0.15, -0.1) is 0 Å². The van der Waals surface area contributed by atoms with Crippen molar-refractivity contribution >= 4 is 18.9 Å². The fourth-order valence-corrected chi connectivity index (χ4v) is 1.72. The van der Waals surface area contributed by atoms with E-state index >= 15 is 0 Å². The summed E-state index contributed by atoms with van der Waals surface area (Å²) in [4.78, 5) is 0. The molecule has 0 heterocycles. The predicted molar refractivity (Wildman–Crippen MR) is 74.1 cm³/mol. The van der Waals surface area contributed by atoms with Crippen LogP contribution in [0.15, 0.2) is 0 Å². The molecule has 0 aliphatic rings. The van der Waals surface area contributed by atoms with Crippen LogP contribution >= 0.6 is 0 Å². The maximum absolute atomic E-state index is 5.59. The molecule has 16 heavy (non-hydrogen) atoms. The minimum Gasteiger partial charge on any atom is -0.381 e. The van der Waals surface area contributed by atoms with Crippen molar-refractivity contribution in [2.45, 2.75) is 78.1 Å². The van der Waals surface area contributed by atoms with Gasteiger partial charge >= 0.3 is 0 Å². The fraction of sp³-hybridized carbons (Fsp3) is 1.00. The first kappa shape index (κ1) is 18.9. The molecular formula is C14H30LiO. The van der Waals surface area contributed by atoms with Gasteiger partial charge in [-0.1, -0.05) is 65.2 Å². The van der Waals surface area contributed by atoms with Crippen LogP contribution in [0.2, 0.25) is 0 Å². The third kappa shape index (κ3) is 17.0. The van der Waals surface area contributed by atoms with Gasteiger partial charge in [-0.25, -0.2) is 0 Å². The molecule has 0 atom stereocenters. The summed E-state index contributed by atoms with van der Waals surface area (Å²) in [6, 6.07) is 0. The van der Waals surface area contributed by atoms with E-state index in [1.807, 2.05) is 0 Å². The Morgan fingerprint density at radius 2 is 0.938 bits per heavy atom. The van der Waals surface area contributed by atoms with Crippen molar-refractivity contribution in [2.24, 2.45) is 0 Å². The molecule has 0 amide bonds. The summed E-state index contributed by atoms with van der Waals surface area (Å²) >= 11 is 0. The Kier molecular flexibility index (Phi) is 21.2. The van der Waals surface area contributed by atoms with Gasteiger partial charge in [0.2, 0.25) is 0 Å². The first-order valence-electron chi connectivity index (χ1n) is 6.99. The molecule has 93 valence electrons. The monoisotopic (exact) mass is 221 g/mol. The van der Waals surface area contributed by atoms with Crippen LogP contribution in [0.25, 0.3) is 0 Å². The number of hydrogen-bond acceptors (Lipinski definition) is 1.